The van der Waals surface area contributed by atoms with Crippen LogP contribution in [0.3, 0.4) is 0 Å². The molecule has 0 aromatic carbocycles. The maximum absolute atomic E-state index is 9.84. The van der Waals surface area contributed by atoms with E-state index in [1.54, 1.807) is 0 Å². The number of aliphatic hydroxyl groups excluding tert-OH is 2. The molecule has 2 saturated carbocycles. The van der Waals surface area contributed by atoms with E-state index in [0.717, 1.165) is 0 Å². The number of hydrogen-bond donors (Lipinski definition) is 6. The minimum Gasteiger partial charge on any atom is -0.759 e. The predicted molar refractivity (Wildman–Crippen MR) is 107 cm³/mol. The first-order valence-electron chi connectivity index (χ1n) is 10.6. The lowest BCUT2D eigenvalue weighted by molar-refractivity contribution is -0.455. The summed E-state index contributed by atoms with van der Waals surface area (Å²) in [6.45, 7) is 3.98. The van der Waals surface area contributed by atoms with Crippen molar-refractivity contribution in [3.8, 4) is 0 Å². The molecule has 2 aliphatic carbocycles. The lowest BCUT2D eigenvalue weighted by Gasteiger charge is -2.29. The van der Waals surface area contributed by atoms with Gasteiger partial charge in [-0.25, -0.2) is 0 Å². The number of aliphatic hydroxyl groups is 2. The molecule has 0 saturated heterocycles. The summed E-state index contributed by atoms with van der Waals surface area (Å²) < 4.78 is 34.1. The van der Waals surface area contributed by atoms with Gasteiger partial charge in [0.2, 0.25) is 0 Å². The summed E-state index contributed by atoms with van der Waals surface area (Å²) in [5, 5.41) is 19.7. The molecule has 0 spiro atoms. The fourth-order valence-electron chi connectivity index (χ4n) is 4.01. The molecular formula is C18H42N4O6S. The van der Waals surface area contributed by atoms with E-state index in [1.165, 1.54) is 64.2 Å². The Morgan fingerprint density at radius 2 is 1.00 bits per heavy atom. The Bertz CT molecular complexity index is 461. The number of hydrogen-bond acceptors (Lipinski definition) is 8. The molecule has 0 bridgehead atoms. The van der Waals surface area contributed by atoms with Gasteiger partial charge in [-0.05, 0) is 51.4 Å². The van der Waals surface area contributed by atoms with Gasteiger partial charge in [0, 0.05) is 10.4 Å². The monoisotopic (exact) mass is 442 g/mol. The van der Waals surface area contributed by atoms with Gasteiger partial charge in [0.1, 0.15) is 0 Å². The molecule has 0 aromatic rings. The van der Waals surface area contributed by atoms with Gasteiger partial charge >= 0.3 is 0 Å². The molecular weight excluding hydrogens is 400 g/mol. The van der Waals surface area contributed by atoms with Crippen LogP contribution in [-0.4, -0.2) is 52.0 Å². The molecule has 176 valence electrons. The highest BCUT2D eigenvalue weighted by atomic mass is 32.3. The summed E-state index contributed by atoms with van der Waals surface area (Å²) in [5.41, 5.74) is 5.72. The van der Waals surface area contributed by atoms with Crippen LogP contribution in [-0.2, 0) is 10.4 Å². The molecule has 0 radical (unpaired) electrons. The van der Waals surface area contributed by atoms with E-state index in [1.807, 2.05) is 13.8 Å². The second kappa shape index (κ2) is 15.4. The predicted octanol–water partition coefficient (Wildman–Crippen LogP) is -1.21. The Kier molecular flexibility index (Phi) is 15.2. The van der Waals surface area contributed by atoms with Gasteiger partial charge in [-0.15, -0.1) is 0 Å². The van der Waals surface area contributed by atoms with Crippen molar-refractivity contribution in [1.82, 2.24) is 10.9 Å². The van der Waals surface area contributed by atoms with Gasteiger partial charge in [-0.3, -0.25) is 20.1 Å². The van der Waals surface area contributed by atoms with Crippen LogP contribution in [0.2, 0.25) is 0 Å². The second-order valence-electron chi connectivity index (χ2n) is 8.17. The summed E-state index contributed by atoms with van der Waals surface area (Å²) >= 11 is 0. The third-order valence-corrected chi connectivity index (χ3v) is 5.93. The number of rotatable bonds is 6. The first-order valence-corrected chi connectivity index (χ1v) is 11.9. The summed E-state index contributed by atoms with van der Waals surface area (Å²) in [7, 11) is -5.17. The first-order chi connectivity index (χ1) is 13.5. The van der Waals surface area contributed by atoms with E-state index in [-0.39, 0.29) is 24.3 Å². The molecule has 29 heavy (non-hydrogen) atoms. The van der Waals surface area contributed by atoms with Gasteiger partial charge in [0.05, 0.1) is 24.3 Å². The minimum atomic E-state index is -5.17. The van der Waals surface area contributed by atoms with Crippen molar-refractivity contribution in [2.24, 2.45) is 11.8 Å². The van der Waals surface area contributed by atoms with Crippen molar-refractivity contribution in [2.75, 3.05) is 0 Å². The van der Waals surface area contributed by atoms with Crippen LogP contribution in [0.1, 0.15) is 78.1 Å². The van der Waals surface area contributed by atoms with Crippen molar-refractivity contribution in [1.29, 1.82) is 0 Å². The van der Waals surface area contributed by atoms with Crippen LogP contribution in [0.15, 0.2) is 0 Å². The zero-order chi connectivity index (χ0) is 22.4. The van der Waals surface area contributed by atoms with Crippen molar-refractivity contribution in [3.05, 3.63) is 0 Å². The van der Waals surface area contributed by atoms with Crippen LogP contribution in [0, 0.1) is 11.8 Å². The van der Waals surface area contributed by atoms with E-state index in [9.17, 15) is 10.2 Å². The summed E-state index contributed by atoms with van der Waals surface area (Å²) in [6.07, 6.45) is 12.2. The average Bonchev–Trinajstić information content (AvgIpc) is 2.72. The van der Waals surface area contributed by atoms with E-state index in [0.29, 0.717) is 11.8 Å². The Morgan fingerprint density at radius 3 is 1.21 bits per heavy atom. The smallest absolute Gasteiger partial charge is 0.0787 e. The zero-order valence-corrected chi connectivity index (χ0v) is 18.7. The van der Waals surface area contributed by atoms with Crippen LogP contribution in [0.25, 0.3) is 0 Å². The van der Waals surface area contributed by atoms with Crippen molar-refractivity contribution in [2.45, 2.75) is 102 Å². The van der Waals surface area contributed by atoms with Gasteiger partial charge < -0.3 is 19.3 Å². The van der Waals surface area contributed by atoms with E-state index in [4.69, 9.17) is 17.5 Å². The third-order valence-electron chi connectivity index (χ3n) is 5.93. The molecule has 2 fully saturated rings. The Hall–Kier alpha value is -0.370. The second-order valence-corrected chi connectivity index (χ2v) is 8.99. The van der Waals surface area contributed by atoms with Crippen LogP contribution in [0.5, 0.6) is 0 Å². The normalized spacial score (nSPS) is 22.9. The summed E-state index contributed by atoms with van der Waals surface area (Å²) in [5.74, 6) is 8.19. The molecule has 0 amide bonds. The SMILES string of the molecule is CC(N[NH3+])C(O)C1CCCCC1.CC(N[NH3+])C(O)C1CCCCC1.O=S(=O)([O-])[O-]. The molecule has 0 aromatic heterocycles. The maximum atomic E-state index is 9.84. The van der Waals surface area contributed by atoms with Crippen molar-refractivity contribution in [3.63, 3.8) is 0 Å². The number of quaternary nitrogens is 2. The quantitative estimate of drug-likeness (QED) is 0.167. The molecule has 4 unspecified atom stereocenters. The highest BCUT2D eigenvalue weighted by Crippen LogP contribution is 2.28. The Morgan fingerprint density at radius 1 is 0.759 bits per heavy atom. The minimum absolute atomic E-state index is 0.132. The van der Waals surface area contributed by atoms with Crippen LogP contribution in [0.4, 0.5) is 0 Å². The highest BCUT2D eigenvalue weighted by Gasteiger charge is 2.27. The summed E-state index contributed by atoms with van der Waals surface area (Å²) in [4.78, 5) is 0. The standard InChI is InChI=1S/2C9H20N2O.H2O4S/c2*1-7(11-10)9(12)8-5-3-2-4-6-8;1-5(2,3)4/h2*7-9,11-12H,2-6,10H2,1H3;(H2,1,2,3,4). The molecule has 2 rings (SSSR count). The molecule has 2 aliphatic rings. The zero-order valence-electron chi connectivity index (χ0n) is 17.9. The van der Waals surface area contributed by atoms with Gasteiger partial charge in [-0.1, -0.05) is 38.5 Å². The van der Waals surface area contributed by atoms with Crippen LogP contribution >= 0.6 is 0 Å². The van der Waals surface area contributed by atoms with E-state index < -0.39 is 10.4 Å². The third kappa shape index (κ3) is 14.3. The van der Waals surface area contributed by atoms with Crippen molar-refractivity contribution >= 4 is 10.4 Å². The largest absolute Gasteiger partial charge is 0.759 e. The molecule has 11 heteroatoms. The lowest BCUT2D eigenvalue weighted by atomic mass is 9.83. The molecule has 0 heterocycles. The van der Waals surface area contributed by atoms with Crippen LogP contribution < -0.4 is 22.5 Å². The summed E-state index contributed by atoms with van der Waals surface area (Å²) in [6, 6.07) is 0.265. The fourth-order valence-corrected chi connectivity index (χ4v) is 4.01. The van der Waals surface area contributed by atoms with Gasteiger partial charge in [0.25, 0.3) is 0 Å². The molecule has 4 atom stereocenters. The first kappa shape index (κ1) is 28.6. The maximum Gasteiger partial charge on any atom is 0.0787 e. The van der Waals surface area contributed by atoms with Gasteiger partial charge in [0.15, 0.2) is 0 Å². The molecule has 10 N–H and O–H groups in total. The molecule has 10 nitrogen and oxygen atoms in total. The van der Waals surface area contributed by atoms with Crippen molar-refractivity contribution < 1.29 is 39.4 Å². The highest BCUT2D eigenvalue weighted by molar-refractivity contribution is 7.79. The topological polar surface area (TPSA) is 200 Å². The Balaban J connectivity index is 0.000000442. The van der Waals surface area contributed by atoms with E-state index in [2.05, 4.69) is 22.5 Å². The lowest BCUT2D eigenvalue weighted by Crippen LogP contribution is -2.70. The average molecular weight is 443 g/mol. The molecule has 0 aliphatic heterocycles. The fraction of sp³-hybridized carbons (Fsp3) is 1.00. The van der Waals surface area contributed by atoms with Gasteiger partial charge in [-0.2, -0.15) is 10.9 Å². The van der Waals surface area contributed by atoms with E-state index >= 15 is 0 Å². The number of nitrogens with one attached hydrogen (secondary N) is 2. The Labute approximate surface area is 175 Å².